The second-order valence-corrected chi connectivity index (χ2v) is 6.87. The number of hydrogen-bond donors (Lipinski definition) is 2. The lowest BCUT2D eigenvalue weighted by molar-refractivity contribution is 0.322. The second kappa shape index (κ2) is 4.32. The zero-order valence-electron chi connectivity index (χ0n) is 10.4. The zero-order chi connectivity index (χ0) is 12.8. The highest BCUT2D eigenvalue weighted by Crippen LogP contribution is 2.30. The molecule has 18 heavy (non-hydrogen) atoms. The van der Waals surface area contributed by atoms with Crippen LogP contribution in [0.15, 0.2) is 11.1 Å². The third-order valence-electron chi connectivity index (χ3n) is 3.68. The molecule has 7 heteroatoms. The summed E-state index contributed by atoms with van der Waals surface area (Å²) in [4.78, 5) is 2.64. The average molecular weight is 270 g/mol. The second-order valence-electron chi connectivity index (χ2n) is 5.19. The lowest BCUT2D eigenvalue weighted by atomic mass is 10.3. The maximum absolute atomic E-state index is 12.2. The summed E-state index contributed by atoms with van der Waals surface area (Å²) in [6.45, 7) is 3.55. The first-order valence-corrected chi connectivity index (χ1v) is 7.81. The van der Waals surface area contributed by atoms with Crippen LogP contribution in [0.5, 0.6) is 0 Å². The van der Waals surface area contributed by atoms with Crippen LogP contribution in [0.25, 0.3) is 0 Å². The number of hydrogen-bond acceptors (Lipinski definition) is 4. The first kappa shape index (κ1) is 12.1. The summed E-state index contributed by atoms with van der Waals surface area (Å²) >= 11 is 0. The van der Waals surface area contributed by atoms with Gasteiger partial charge in [0.2, 0.25) is 10.0 Å². The fourth-order valence-electron chi connectivity index (χ4n) is 2.55. The van der Waals surface area contributed by atoms with Crippen LogP contribution in [0.2, 0.25) is 0 Å². The molecule has 1 aromatic rings. The lowest BCUT2D eigenvalue weighted by Crippen LogP contribution is -2.37. The maximum Gasteiger partial charge on any atom is 0.244 e. The van der Waals surface area contributed by atoms with Crippen LogP contribution in [0.3, 0.4) is 0 Å². The van der Waals surface area contributed by atoms with Crippen molar-refractivity contribution in [2.45, 2.75) is 43.2 Å². The summed E-state index contributed by atoms with van der Waals surface area (Å²) in [6, 6.07) is 0.736. The van der Waals surface area contributed by atoms with Crippen molar-refractivity contribution in [1.29, 1.82) is 0 Å². The number of nitrogens with one attached hydrogen (secondary N) is 2. The number of aromatic nitrogens is 2. The van der Waals surface area contributed by atoms with E-state index in [0.717, 1.165) is 19.5 Å². The van der Waals surface area contributed by atoms with Gasteiger partial charge in [-0.3, -0.25) is 10.00 Å². The summed E-state index contributed by atoms with van der Waals surface area (Å²) < 4.78 is 27.1. The van der Waals surface area contributed by atoms with E-state index in [2.05, 4.69) is 19.8 Å². The van der Waals surface area contributed by atoms with Crippen molar-refractivity contribution >= 4 is 10.0 Å². The summed E-state index contributed by atoms with van der Waals surface area (Å²) in [7, 11) is -3.43. The minimum atomic E-state index is -3.43. The number of aryl methyl sites for hydroxylation is 1. The van der Waals surface area contributed by atoms with Crippen LogP contribution in [0, 0.1) is 6.92 Å². The summed E-state index contributed by atoms with van der Waals surface area (Å²) in [5.74, 6) is 0. The van der Waals surface area contributed by atoms with Crippen molar-refractivity contribution in [3.63, 3.8) is 0 Å². The molecule has 0 aromatic carbocycles. The van der Waals surface area contributed by atoms with Crippen LogP contribution in [-0.2, 0) is 10.0 Å². The van der Waals surface area contributed by atoms with Gasteiger partial charge in [-0.1, -0.05) is 0 Å². The van der Waals surface area contributed by atoms with E-state index in [0.29, 0.717) is 11.7 Å². The van der Waals surface area contributed by atoms with Crippen molar-refractivity contribution < 1.29 is 8.42 Å². The summed E-state index contributed by atoms with van der Waals surface area (Å²) in [6.07, 6.45) is 4.79. The van der Waals surface area contributed by atoms with Crippen LogP contribution >= 0.6 is 0 Å². The van der Waals surface area contributed by atoms with E-state index in [1.165, 1.54) is 19.0 Å². The Kier molecular flexibility index (Phi) is 2.91. The molecule has 2 heterocycles. The molecule has 0 amide bonds. The Morgan fingerprint density at radius 2 is 2.22 bits per heavy atom. The Morgan fingerprint density at radius 3 is 2.83 bits per heavy atom. The molecule has 0 radical (unpaired) electrons. The monoisotopic (exact) mass is 270 g/mol. The van der Waals surface area contributed by atoms with E-state index >= 15 is 0 Å². The molecule has 1 aliphatic carbocycles. The molecule has 0 bridgehead atoms. The van der Waals surface area contributed by atoms with E-state index in [4.69, 9.17) is 0 Å². The van der Waals surface area contributed by atoms with Gasteiger partial charge in [0.15, 0.2) is 0 Å². The topological polar surface area (TPSA) is 78.1 Å². The van der Waals surface area contributed by atoms with Gasteiger partial charge in [-0.15, -0.1) is 0 Å². The van der Waals surface area contributed by atoms with Gasteiger partial charge in [-0.25, -0.2) is 13.1 Å². The SMILES string of the molecule is Cc1[nH]ncc1S(=O)(=O)NC1CCN(C2CC2)C1. The smallest absolute Gasteiger partial charge is 0.244 e. The van der Waals surface area contributed by atoms with Gasteiger partial charge in [-0.05, 0) is 26.2 Å². The molecule has 2 N–H and O–H groups in total. The Morgan fingerprint density at radius 1 is 1.44 bits per heavy atom. The van der Waals surface area contributed by atoms with E-state index in [1.807, 2.05) is 0 Å². The maximum atomic E-state index is 12.2. The molecule has 6 nitrogen and oxygen atoms in total. The third-order valence-corrected chi connectivity index (χ3v) is 5.31. The molecular weight excluding hydrogens is 252 g/mol. The number of nitrogens with zero attached hydrogens (tertiary/aromatic N) is 2. The van der Waals surface area contributed by atoms with Gasteiger partial charge in [0.05, 0.1) is 11.9 Å². The normalized spacial score (nSPS) is 25.7. The molecule has 1 saturated heterocycles. The minimum absolute atomic E-state index is 0.0323. The van der Waals surface area contributed by atoms with Crippen LogP contribution in [-0.4, -0.2) is 48.7 Å². The molecule has 0 spiro atoms. The molecule has 2 aliphatic rings. The first-order valence-electron chi connectivity index (χ1n) is 6.32. The number of rotatable bonds is 4. The quantitative estimate of drug-likeness (QED) is 0.821. The summed E-state index contributed by atoms with van der Waals surface area (Å²) in [5, 5.41) is 6.42. The number of aromatic amines is 1. The van der Waals surface area contributed by atoms with Crippen molar-refractivity contribution in [2.24, 2.45) is 0 Å². The van der Waals surface area contributed by atoms with Gasteiger partial charge < -0.3 is 0 Å². The van der Waals surface area contributed by atoms with Gasteiger partial charge in [0.1, 0.15) is 4.90 Å². The lowest BCUT2D eigenvalue weighted by Gasteiger charge is -2.15. The molecule has 1 unspecified atom stereocenters. The van der Waals surface area contributed by atoms with Crippen LogP contribution in [0.1, 0.15) is 25.0 Å². The third kappa shape index (κ3) is 2.30. The van der Waals surface area contributed by atoms with Crippen LogP contribution < -0.4 is 4.72 Å². The molecule has 1 atom stereocenters. The highest BCUT2D eigenvalue weighted by Gasteiger charge is 2.36. The highest BCUT2D eigenvalue weighted by molar-refractivity contribution is 7.89. The Hall–Kier alpha value is -0.920. The van der Waals surface area contributed by atoms with E-state index in [-0.39, 0.29) is 10.9 Å². The molecule has 2 fully saturated rings. The van der Waals surface area contributed by atoms with Gasteiger partial charge in [-0.2, -0.15) is 5.10 Å². The highest BCUT2D eigenvalue weighted by atomic mass is 32.2. The van der Waals surface area contributed by atoms with E-state index in [9.17, 15) is 8.42 Å². The Labute approximate surface area is 107 Å². The zero-order valence-corrected chi connectivity index (χ0v) is 11.2. The molecule has 1 aromatic heterocycles. The Balaban J connectivity index is 1.67. The predicted octanol–water partition coefficient (Wildman–Crippen LogP) is 0.233. The number of H-pyrrole nitrogens is 1. The van der Waals surface area contributed by atoms with Crippen molar-refractivity contribution in [3.8, 4) is 0 Å². The van der Waals surface area contributed by atoms with Gasteiger partial charge >= 0.3 is 0 Å². The largest absolute Gasteiger partial charge is 0.299 e. The standard InChI is InChI=1S/C11H18N4O2S/c1-8-11(6-12-13-8)18(16,17)14-9-4-5-15(7-9)10-2-3-10/h6,9-10,14H,2-5,7H2,1H3,(H,12,13). The molecule has 100 valence electrons. The molecule has 3 rings (SSSR count). The van der Waals surface area contributed by atoms with Gasteiger partial charge in [0.25, 0.3) is 0 Å². The van der Waals surface area contributed by atoms with E-state index < -0.39 is 10.0 Å². The molecule has 1 aliphatic heterocycles. The number of sulfonamides is 1. The van der Waals surface area contributed by atoms with Crippen molar-refractivity contribution in [2.75, 3.05) is 13.1 Å². The van der Waals surface area contributed by atoms with Crippen LogP contribution in [0.4, 0.5) is 0 Å². The predicted molar refractivity (Wildman–Crippen MR) is 66.6 cm³/mol. The fourth-order valence-corrected chi connectivity index (χ4v) is 3.95. The van der Waals surface area contributed by atoms with Crippen molar-refractivity contribution in [1.82, 2.24) is 19.8 Å². The minimum Gasteiger partial charge on any atom is -0.299 e. The average Bonchev–Trinajstić information content (AvgIpc) is 2.90. The van der Waals surface area contributed by atoms with E-state index in [1.54, 1.807) is 6.92 Å². The summed E-state index contributed by atoms with van der Waals surface area (Å²) in [5.41, 5.74) is 0.583. The molecular formula is C11H18N4O2S. The number of likely N-dealkylation sites (tertiary alicyclic amines) is 1. The fraction of sp³-hybridized carbons (Fsp3) is 0.727. The van der Waals surface area contributed by atoms with Gasteiger partial charge in [0, 0.05) is 25.2 Å². The molecule has 1 saturated carbocycles. The van der Waals surface area contributed by atoms with Crippen molar-refractivity contribution in [3.05, 3.63) is 11.9 Å². The Bertz CT molecular complexity index is 535. The first-order chi connectivity index (χ1) is 8.56.